The average molecular weight is 228 g/mol. The molecule has 0 bridgehead atoms. The second-order valence-electron chi connectivity index (χ2n) is 4.67. The van der Waals surface area contributed by atoms with Crippen molar-refractivity contribution < 1.29 is 5.11 Å². The normalized spacial score (nSPS) is 11.5. The Morgan fingerprint density at radius 2 is 1.88 bits per heavy atom. The van der Waals surface area contributed by atoms with Gasteiger partial charge in [-0.15, -0.1) is 0 Å². The van der Waals surface area contributed by atoms with E-state index in [2.05, 4.69) is 23.8 Å². The Kier molecular flexibility index (Phi) is 2.84. The minimum absolute atomic E-state index is 0.0455. The lowest BCUT2D eigenvalue weighted by Crippen LogP contribution is -2.23. The number of rotatable bonds is 2. The maximum Gasteiger partial charge on any atom is 0.210 e. The van der Waals surface area contributed by atoms with E-state index in [0.29, 0.717) is 0 Å². The molecule has 0 amide bonds. The molecule has 0 fully saturated rings. The van der Waals surface area contributed by atoms with Crippen molar-refractivity contribution in [3.05, 3.63) is 53.5 Å². The molecule has 0 radical (unpaired) electrons. The first-order valence-corrected chi connectivity index (χ1v) is 5.60. The Bertz CT molecular complexity index is 535. The fraction of sp³-hybridized carbons (Fsp3) is 0.286. The number of hydrogen-bond acceptors (Lipinski definition) is 3. The van der Waals surface area contributed by atoms with Crippen molar-refractivity contribution in [2.75, 3.05) is 0 Å². The molecule has 0 spiro atoms. The third-order valence-corrected chi connectivity index (χ3v) is 2.98. The fourth-order valence-electron chi connectivity index (χ4n) is 2.03. The van der Waals surface area contributed by atoms with E-state index >= 15 is 0 Å². The summed E-state index contributed by atoms with van der Waals surface area (Å²) >= 11 is 0. The van der Waals surface area contributed by atoms with Crippen molar-refractivity contribution >= 4 is 0 Å². The van der Waals surface area contributed by atoms with E-state index in [1.54, 1.807) is 18.3 Å². The molecule has 3 nitrogen and oxygen atoms in total. The van der Waals surface area contributed by atoms with Crippen LogP contribution in [-0.4, -0.2) is 15.1 Å². The minimum atomic E-state index is -0.315. The van der Waals surface area contributed by atoms with Crippen LogP contribution in [0.2, 0.25) is 0 Å². The van der Waals surface area contributed by atoms with Crippen molar-refractivity contribution in [1.29, 1.82) is 0 Å². The van der Waals surface area contributed by atoms with Gasteiger partial charge in [0.05, 0.1) is 11.4 Å². The SMILES string of the molecule is Cc1cccnc1C(C)(C)c1cccc(O)n1. The zero-order valence-corrected chi connectivity index (χ0v) is 10.3. The minimum Gasteiger partial charge on any atom is -0.493 e. The molecule has 2 heterocycles. The van der Waals surface area contributed by atoms with Gasteiger partial charge in [-0.25, -0.2) is 4.98 Å². The van der Waals surface area contributed by atoms with Crippen molar-refractivity contribution in [2.24, 2.45) is 0 Å². The highest BCUT2D eigenvalue weighted by molar-refractivity contribution is 5.35. The van der Waals surface area contributed by atoms with Gasteiger partial charge in [0, 0.05) is 17.7 Å². The van der Waals surface area contributed by atoms with Crippen LogP contribution in [0, 0.1) is 6.92 Å². The average Bonchev–Trinajstić information content (AvgIpc) is 2.29. The van der Waals surface area contributed by atoms with E-state index in [9.17, 15) is 5.11 Å². The van der Waals surface area contributed by atoms with Gasteiger partial charge in [-0.05, 0) is 38.5 Å². The summed E-state index contributed by atoms with van der Waals surface area (Å²) in [4.78, 5) is 8.61. The molecular weight excluding hydrogens is 212 g/mol. The molecule has 0 unspecified atom stereocenters. The Labute approximate surface area is 101 Å². The summed E-state index contributed by atoms with van der Waals surface area (Å²) < 4.78 is 0. The van der Waals surface area contributed by atoms with E-state index in [0.717, 1.165) is 17.0 Å². The van der Waals surface area contributed by atoms with Gasteiger partial charge < -0.3 is 5.11 Å². The largest absolute Gasteiger partial charge is 0.493 e. The summed E-state index contributed by atoms with van der Waals surface area (Å²) in [5.74, 6) is 0.0455. The van der Waals surface area contributed by atoms with Crippen LogP contribution in [0.3, 0.4) is 0 Å². The van der Waals surface area contributed by atoms with E-state index in [-0.39, 0.29) is 11.3 Å². The summed E-state index contributed by atoms with van der Waals surface area (Å²) in [6, 6.07) is 9.24. The molecule has 88 valence electrons. The molecule has 0 aliphatic carbocycles. The molecule has 17 heavy (non-hydrogen) atoms. The number of aromatic hydroxyl groups is 1. The number of pyridine rings is 2. The Balaban J connectivity index is 2.53. The molecule has 2 rings (SSSR count). The highest BCUT2D eigenvalue weighted by Gasteiger charge is 2.27. The molecule has 0 aliphatic heterocycles. The molecule has 2 aromatic rings. The van der Waals surface area contributed by atoms with E-state index in [1.807, 2.05) is 25.1 Å². The van der Waals surface area contributed by atoms with Gasteiger partial charge in [0.25, 0.3) is 0 Å². The van der Waals surface area contributed by atoms with Crippen LogP contribution < -0.4 is 0 Å². The van der Waals surface area contributed by atoms with Crippen LogP contribution in [0.25, 0.3) is 0 Å². The Morgan fingerprint density at radius 1 is 1.12 bits per heavy atom. The maximum atomic E-state index is 9.46. The molecule has 0 saturated heterocycles. The van der Waals surface area contributed by atoms with Gasteiger partial charge >= 0.3 is 0 Å². The number of aryl methyl sites for hydroxylation is 1. The fourth-order valence-corrected chi connectivity index (χ4v) is 2.03. The second-order valence-corrected chi connectivity index (χ2v) is 4.67. The smallest absolute Gasteiger partial charge is 0.210 e. The molecule has 0 aromatic carbocycles. The summed E-state index contributed by atoms with van der Waals surface area (Å²) in [7, 11) is 0. The highest BCUT2D eigenvalue weighted by Crippen LogP contribution is 2.31. The van der Waals surface area contributed by atoms with E-state index < -0.39 is 0 Å². The van der Waals surface area contributed by atoms with Crippen LogP contribution in [-0.2, 0) is 5.41 Å². The van der Waals surface area contributed by atoms with Gasteiger partial charge in [0.2, 0.25) is 5.88 Å². The topological polar surface area (TPSA) is 46.0 Å². The monoisotopic (exact) mass is 228 g/mol. The van der Waals surface area contributed by atoms with Gasteiger partial charge in [-0.3, -0.25) is 4.98 Å². The molecule has 0 aliphatic rings. The lowest BCUT2D eigenvalue weighted by atomic mass is 9.82. The summed E-state index contributed by atoms with van der Waals surface area (Å²) in [5.41, 5.74) is 2.62. The molecular formula is C14H16N2O. The van der Waals surface area contributed by atoms with E-state index in [1.165, 1.54) is 0 Å². The van der Waals surface area contributed by atoms with Crippen LogP contribution in [0.15, 0.2) is 36.5 Å². The maximum absolute atomic E-state index is 9.46. The summed E-state index contributed by atoms with van der Waals surface area (Å²) in [5, 5.41) is 9.46. The van der Waals surface area contributed by atoms with Crippen LogP contribution in [0.5, 0.6) is 5.88 Å². The van der Waals surface area contributed by atoms with Crippen molar-refractivity contribution in [1.82, 2.24) is 9.97 Å². The highest BCUT2D eigenvalue weighted by atomic mass is 16.3. The quantitative estimate of drug-likeness (QED) is 0.859. The summed E-state index contributed by atoms with van der Waals surface area (Å²) in [6.45, 7) is 6.15. The van der Waals surface area contributed by atoms with E-state index in [4.69, 9.17) is 0 Å². The van der Waals surface area contributed by atoms with Crippen molar-refractivity contribution in [3.8, 4) is 5.88 Å². The lowest BCUT2D eigenvalue weighted by Gasteiger charge is -2.25. The van der Waals surface area contributed by atoms with Crippen molar-refractivity contribution in [2.45, 2.75) is 26.2 Å². The molecule has 1 N–H and O–H groups in total. The zero-order chi connectivity index (χ0) is 12.5. The third kappa shape index (κ3) is 2.13. The molecule has 3 heteroatoms. The van der Waals surface area contributed by atoms with Crippen LogP contribution in [0.1, 0.15) is 30.8 Å². The molecule has 0 atom stereocenters. The molecule has 0 saturated carbocycles. The second kappa shape index (κ2) is 4.17. The zero-order valence-electron chi connectivity index (χ0n) is 10.3. The first-order chi connectivity index (χ1) is 8.01. The molecule has 2 aromatic heterocycles. The summed E-state index contributed by atoms with van der Waals surface area (Å²) in [6.07, 6.45) is 1.78. The van der Waals surface area contributed by atoms with Crippen LogP contribution >= 0.6 is 0 Å². The predicted molar refractivity (Wildman–Crippen MR) is 67.0 cm³/mol. The van der Waals surface area contributed by atoms with Gasteiger partial charge in [0.1, 0.15) is 0 Å². The Morgan fingerprint density at radius 3 is 2.53 bits per heavy atom. The number of aromatic nitrogens is 2. The first kappa shape index (κ1) is 11.6. The first-order valence-electron chi connectivity index (χ1n) is 5.60. The van der Waals surface area contributed by atoms with Gasteiger partial charge in [0.15, 0.2) is 0 Å². The van der Waals surface area contributed by atoms with Gasteiger partial charge in [-0.2, -0.15) is 0 Å². The Hall–Kier alpha value is -1.90. The van der Waals surface area contributed by atoms with Crippen LogP contribution in [0.4, 0.5) is 0 Å². The number of nitrogens with zero attached hydrogens (tertiary/aromatic N) is 2. The standard InChI is InChI=1S/C14H16N2O/c1-10-6-5-9-15-13(10)14(2,3)11-7-4-8-12(17)16-11/h4-9H,1-3H3,(H,16,17). The predicted octanol–water partition coefficient (Wildman–Crippen LogP) is 2.82. The van der Waals surface area contributed by atoms with Gasteiger partial charge in [-0.1, -0.05) is 12.1 Å². The lowest BCUT2D eigenvalue weighted by molar-refractivity contribution is 0.444. The van der Waals surface area contributed by atoms with Crippen molar-refractivity contribution in [3.63, 3.8) is 0 Å². The number of hydrogen-bond donors (Lipinski definition) is 1. The third-order valence-electron chi connectivity index (χ3n) is 2.98.